The molecular formula is C12H22N2O4. The molecule has 0 aliphatic carbocycles. The summed E-state index contributed by atoms with van der Waals surface area (Å²) >= 11 is 0. The van der Waals surface area contributed by atoms with E-state index in [4.69, 9.17) is 5.73 Å². The van der Waals surface area contributed by atoms with Gasteiger partial charge in [0.2, 0.25) is 5.91 Å². The molecule has 1 amide bonds. The molecule has 6 heteroatoms. The number of carbonyl (C=O) groups excluding carboxylic acids is 2. The number of methoxy groups -OCH3 is 1. The monoisotopic (exact) mass is 258 g/mol. The molecule has 0 aromatic rings. The summed E-state index contributed by atoms with van der Waals surface area (Å²) in [7, 11) is 1.26. The molecule has 0 aromatic carbocycles. The van der Waals surface area contributed by atoms with Crippen LogP contribution in [0.5, 0.6) is 0 Å². The molecule has 3 atom stereocenters. The Hall–Kier alpha value is -1.14. The van der Waals surface area contributed by atoms with Crippen LogP contribution < -0.4 is 5.73 Å². The lowest BCUT2D eigenvalue weighted by Gasteiger charge is -2.31. The van der Waals surface area contributed by atoms with Gasteiger partial charge in [0.25, 0.3) is 0 Å². The summed E-state index contributed by atoms with van der Waals surface area (Å²) in [5.74, 6) is -0.838. The lowest BCUT2D eigenvalue weighted by molar-refractivity contribution is -0.152. The van der Waals surface area contributed by atoms with Gasteiger partial charge in [-0.05, 0) is 5.41 Å². The van der Waals surface area contributed by atoms with Gasteiger partial charge < -0.3 is 20.5 Å². The molecule has 1 heterocycles. The van der Waals surface area contributed by atoms with Crippen LogP contribution in [0, 0.1) is 5.41 Å². The Bertz CT molecular complexity index is 337. The zero-order valence-electron chi connectivity index (χ0n) is 11.3. The average Bonchev–Trinajstić information content (AvgIpc) is 2.67. The number of hydrogen-bond donors (Lipinski definition) is 2. The van der Waals surface area contributed by atoms with Crippen molar-refractivity contribution in [3.05, 3.63) is 0 Å². The summed E-state index contributed by atoms with van der Waals surface area (Å²) in [6.45, 7) is 5.70. The number of aliphatic hydroxyl groups excluding tert-OH is 1. The van der Waals surface area contributed by atoms with E-state index >= 15 is 0 Å². The number of amides is 1. The molecule has 3 N–H and O–H groups in total. The van der Waals surface area contributed by atoms with Gasteiger partial charge in [-0.1, -0.05) is 20.8 Å². The van der Waals surface area contributed by atoms with Crippen LogP contribution in [-0.4, -0.2) is 53.7 Å². The second-order valence-corrected chi connectivity index (χ2v) is 5.76. The first kappa shape index (κ1) is 14.9. The SMILES string of the molecule is COC(=O)[C@@H]1C[C@@H](O)CN1C(=O)C(N)C(C)(C)C. The minimum absolute atomic E-state index is 0.127. The van der Waals surface area contributed by atoms with Crippen molar-refractivity contribution in [3.8, 4) is 0 Å². The summed E-state index contributed by atoms with van der Waals surface area (Å²) in [4.78, 5) is 25.2. The Balaban J connectivity index is 2.86. The number of nitrogens with zero attached hydrogens (tertiary/aromatic N) is 1. The lowest BCUT2D eigenvalue weighted by atomic mass is 9.86. The number of nitrogens with two attached hydrogens (primary N) is 1. The quantitative estimate of drug-likeness (QED) is 0.651. The number of β-amino-alcohol motifs (C(OH)–C–C–N with tert-alkyl or cyclic N) is 1. The Morgan fingerprint density at radius 2 is 2.00 bits per heavy atom. The van der Waals surface area contributed by atoms with Crippen LogP contribution in [0.1, 0.15) is 27.2 Å². The summed E-state index contributed by atoms with van der Waals surface area (Å²) in [5, 5.41) is 9.61. The molecule has 1 unspecified atom stereocenters. The smallest absolute Gasteiger partial charge is 0.328 e. The van der Waals surface area contributed by atoms with Crippen molar-refractivity contribution in [2.75, 3.05) is 13.7 Å². The van der Waals surface area contributed by atoms with E-state index in [1.165, 1.54) is 12.0 Å². The van der Waals surface area contributed by atoms with Crippen molar-refractivity contribution in [1.82, 2.24) is 4.90 Å². The molecule has 18 heavy (non-hydrogen) atoms. The van der Waals surface area contributed by atoms with Gasteiger partial charge in [-0.2, -0.15) is 0 Å². The number of ether oxygens (including phenoxy) is 1. The average molecular weight is 258 g/mol. The fourth-order valence-electron chi connectivity index (χ4n) is 1.97. The van der Waals surface area contributed by atoms with Crippen molar-refractivity contribution in [2.45, 2.75) is 45.4 Å². The highest BCUT2D eigenvalue weighted by molar-refractivity contribution is 5.88. The standard InChI is InChI=1S/C12H22N2O4/c1-12(2,3)9(13)10(16)14-6-7(15)5-8(14)11(17)18-4/h7-9,15H,5-6,13H2,1-4H3/t7-,8+,9?/m1/s1. The second kappa shape index (κ2) is 5.24. The van der Waals surface area contributed by atoms with Gasteiger partial charge in [0.1, 0.15) is 6.04 Å². The predicted molar refractivity (Wildman–Crippen MR) is 65.6 cm³/mol. The molecule has 1 saturated heterocycles. The van der Waals surface area contributed by atoms with E-state index < -0.39 is 29.6 Å². The molecule has 0 radical (unpaired) electrons. The molecule has 0 saturated carbocycles. The van der Waals surface area contributed by atoms with Crippen LogP contribution in [0.3, 0.4) is 0 Å². The summed E-state index contributed by atoms with van der Waals surface area (Å²) in [5.41, 5.74) is 5.50. The minimum Gasteiger partial charge on any atom is -0.467 e. The summed E-state index contributed by atoms with van der Waals surface area (Å²) in [6, 6.07) is -1.44. The Morgan fingerprint density at radius 3 is 2.44 bits per heavy atom. The van der Waals surface area contributed by atoms with Crippen LogP contribution in [0.4, 0.5) is 0 Å². The van der Waals surface area contributed by atoms with Crippen LogP contribution in [0.2, 0.25) is 0 Å². The maximum absolute atomic E-state index is 12.3. The number of esters is 1. The molecule has 0 aromatic heterocycles. The summed E-state index contributed by atoms with van der Waals surface area (Å²) in [6.07, 6.45) is -0.500. The first-order valence-electron chi connectivity index (χ1n) is 6.00. The fourth-order valence-corrected chi connectivity index (χ4v) is 1.97. The van der Waals surface area contributed by atoms with Gasteiger partial charge in [-0.3, -0.25) is 4.79 Å². The number of rotatable bonds is 2. The van der Waals surface area contributed by atoms with Crippen molar-refractivity contribution < 1.29 is 19.4 Å². The molecular weight excluding hydrogens is 236 g/mol. The molecule has 1 aliphatic rings. The van der Waals surface area contributed by atoms with Gasteiger partial charge in [0.15, 0.2) is 0 Å². The topological polar surface area (TPSA) is 92.9 Å². The third kappa shape index (κ3) is 3.00. The number of likely N-dealkylation sites (tertiary alicyclic amines) is 1. The molecule has 1 aliphatic heterocycles. The maximum atomic E-state index is 12.3. The van der Waals surface area contributed by atoms with Gasteiger partial charge in [-0.25, -0.2) is 4.79 Å². The zero-order chi connectivity index (χ0) is 14.1. The van der Waals surface area contributed by atoms with Gasteiger partial charge in [0, 0.05) is 13.0 Å². The van der Waals surface area contributed by atoms with Crippen molar-refractivity contribution in [3.63, 3.8) is 0 Å². The number of carbonyl (C=O) groups is 2. The first-order chi connectivity index (χ1) is 8.18. The Morgan fingerprint density at radius 1 is 1.44 bits per heavy atom. The van der Waals surface area contributed by atoms with E-state index in [1.54, 1.807) is 0 Å². The Kier molecular flexibility index (Phi) is 4.34. The molecule has 1 fully saturated rings. The van der Waals surface area contributed by atoms with Crippen LogP contribution in [-0.2, 0) is 14.3 Å². The molecule has 104 valence electrons. The van der Waals surface area contributed by atoms with Crippen molar-refractivity contribution in [1.29, 1.82) is 0 Å². The lowest BCUT2D eigenvalue weighted by Crippen LogP contribution is -2.53. The first-order valence-corrected chi connectivity index (χ1v) is 6.00. The van der Waals surface area contributed by atoms with Crippen molar-refractivity contribution >= 4 is 11.9 Å². The van der Waals surface area contributed by atoms with E-state index in [0.717, 1.165) is 0 Å². The minimum atomic E-state index is -0.731. The molecule has 1 rings (SSSR count). The van der Waals surface area contributed by atoms with Crippen LogP contribution >= 0.6 is 0 Å². The Labute approximate surface area is 107 Å². The van der Waals surface area contributed by atoms with E-state index in [2.05, 4.69) is 4.74 Å². The highest BCUT2D eigenvalue weighted by Gasteiger charge is 2.43. The van der Waals surface area contributed by atoms with E-state index in [1.807, 2.05) is 20.8 Å². The highest BCUT2D eigenvalue weighted by atomic mass is 16.5. The van der Waals surface area contributed by atoms with Crippen LogP contribution in [0.15, 0.2) is 0 Å². The predicted octanol–water partition coefficient (Wildman–Crippen LogP) is -0.505. The molecule has 0 bridgehead atoms. The highest BCUT2D eigenvalue weighted by Crippen LogP contribution is 2.25. The third-order valence-electron chi connectivity index (χ3n) is 3.23. The third-order valence-corrected chi connectivity index (χ3v) is 3.23. The maximum Gasteiger partial charge on any atom is 0.328 e. The molecule has 0 spiro atoms. The fraction of sp³-hybridized carbons (Fsp3) is 0.833. The van der Waals surface area contributed by atoms with E-state index in [0.29, 0.717) is 0 Å². The largest absolute Gasteiger partial charge is 0.467 e. The normalized spacial score (nSPS) is 26.0. The van der Waals surface area contributed by atoms with Gasteiger partial charge in [-0.15, -0.1) is 0 Å². The van der Waals surface area contributed by atoms with Crippen molar-refractivity contribution in [2.24, 2.45) is 11.1 Å². The summed E-state index contributed by atoms with van der Waals surface area (Å²) < 4.78 is 4.64. The number of hydrogen-bond acceptors (Lipinski definition) is 5. The van der Waals surface area contributed by atoms with Gasteiger partial charge in [0.05, 0.1) is 19.3 Å². The second-order valence-electron chi connectivity index (χ2n) is 5.76. The van der Waals surface area contributed by atoms with E-state index in [-0.39, 0.29) is 18.9 Å². The van der Waals surface area contributed by atoms with Crippen LogP contribution in [0.25, 0.3) is 0 Å². The van der Waals surface area contributed by atoms with E-state index in [9.17, 15) is 14.7 Å². The number of aliphatic hydroxyl groups is 1. The molecule has 6 nitrogen and oxygen atoms in total. The zero-order valence-corrected chi connectivity index (χ0v) is 11.3. The van der Waals surface area contributed by atoms with Gasteiger partial charge >= 0.3 is 5.97 Å².